The van der Waals surface area contributed by atoms with Crippen molar-refractivity contribution in [1.29, 1.82) is 0 Å². The number of anilines is 1. The lowest BCUT2D eigenvalue weighted by molar-refractivity contribution is 0.0697. The molecule has 0 saturated carbocycles. The fourth-order valence-electron chi connectivity index (χ4n) is 1.92. The highest BCUT2D eigenvalue weighted by atomic mass is 16.4. The van der Waals surface area contributed by atoms with Crippen molar-refractivity contribution >= 4 is 11.7 Å². The van der Waals surface area contributed by atoms with Crippen molar-refractivity contribution in [2.45, 2.75) is 40.7 Å². The van der Waals surface area contributed by atoms with Crippen molar-refractivity contribution in [2.75, 3.05) is 11.9 Å². The van der Waals surface area contributed by atoms with Gasteiger partial charge in [-0.15, -0.1) is 0 Å². The van der Waals surface area contributed by atoms with Crippen LogP contribution < -0.4 is 4.90 Å². The first-order valence-corrected chi connectivity index (χ1v) is 6.21. The number of nitrogens with zero attached hydrogens (tertiary/aromatic N) is 1. The summed E-state index contributed by atoms with van der Waals surface area (Å²) in [7, 11) is 1.95. The lowest BCUT2D eigenvalue weighted by Gasteiger charge is -2.37. The van der Waals surface area contributed by atoms with Gasteiger partial charge in [0.1, 0.15) is 0 Å². The first kappa shape index (κ1) is 14.6. The van der Waals surface area contributed by atoms with E-state index in [1.165, 1.54) is 0 Å². The van der Waals surface area contributed by atoms with Gasteiger partial charge >= 0.3 is 5.97 Å². The molecule has 0 spiro atoms. The lowest BCUT2D eigenvalue weighted by Crippen LogP contribution is -2.40. The molecular formula is C15H23NO2. The van der Waals surface area contributed by atoms with Gasteiger partial charge in [-0.1, -0.05) is 32.4 Å². The van der Waals surface area contributed by atoms with Crippen LogP contribution in [0.3, 0.4) is 0 Å². The van der Waals surface area contributed by atoms with Crippen LogP contribution in [0.2, 0.25) is 0 Å². The Morgan fingerprint density at radius 2 is 1.89 bits per heavy atom. The van der Waals surface area contributed by atoms with E-state index in [1.807, 2.05) is 31.0 Å². The number of aryl methyl sites for hydroxylation is 1. The third-order valence-corrected chi connectivity index (χ3v) is 3.60. The first-order chi connectivity index (χ1) is 8.14. The maximum Gasteiger partial charge on any atom is 0.337 e. The van der Waals surface area contributed by atoms with E-state index in [9.17, 15) is 9.90 Å². The Labute approximate surface area is 109 Å². The molecule has 0 aliphatic heterocycles. The molecule has 0 fully saturated rings. The second kappa shape index (κ2) is 5.01. The van der Waals surface area contributed by atoms with E-state index >= 15 is 0 Å². The minimum Gasteiger partial charge on any atom is -0.478 e. The Morgan fingerprint density at radius 3 is 2.33 bits per heavy atom. The van der Waals surface area contributed by atoms with Gasteiger partial charge in [0, 0.05) is 13.1 Å². The molecule has 1 aromatic carbocycles. The molecule has 1 atom stereocenters. The summed E-state index contributed by atoms with van der Waals surface area (Å²) in [6.45, 7) is 10.5. The third kappa shape index (κ3) is 3.03. The van der Waals surface area contributed by atoms with Gasteiger partial charge in [-0.05, 0) is 31.4 Å². The monoisotopic (exact) mass is 249 g/mol. The van der Waals surface area contributed by atoms with Crippen LogP contribution in [0.1, 0.15) is 43.6 Å². The Bertz CT molecular complexity index is 446. The number of carboxylic acid groups (broad SMARTS) is 1. The smallest absolute Gasteiger partial charge is 0.337 e. The van der Waals surface area contributed by atoms with Crippen molar-refractivity contribution < 1.29 is 9.90 Å². The van der Waals surface area contributed by atoms with Crippen LogP contribution in [0.15, 0.2) is 18.2 Å². The molecule has 1 aromatic rings. The fraction of sp³-hybridized carbons (Fsp3) is 0.533. The van der Waals surface area contributed by atoms with Crippen LogP contribution in [-0.2, 0) is 0 Å². The molecule has 100 valence electrons. The average molecular weight is 249 g/mol. The maximum atomic E-state index is 11.3. The Balaban J connectivity index is 3.21. The molecule has 1 rings (SSSR count). The van der Waals surface area contributed by atoms with Crippen LogP contribution in [0.5, 0.6) is 0 Å². The molecule has 0 aromatic heterocycles. The highest BCUT2D eigenvalue weighted by molar-refractivity contribution is 5.94. The summed E-state index contributed by atoms with van der Waals surface area (Å²) in [6.07, 6.45) is 0. The van der Waals surface area contributed by atoms with Crippen LogP contribution >= 0.6 is 0 Å². The van der Waals surface area contributed by atoms with Crippen LogP contribution in [0.25, 0.3) is 0 Å². The molecular weight excluding hydrogens is 226 g/mol. The summed E-state index contributed by atoms with van der Waals surface area (Å²) in [5.74, 6) is -0.873. The van der Waals surface area contributed by atoms with Crippen molar-refractivity contribution in [3.63, 3.8) is 0 Å². The Hall–Kier alpha value is -1.51. The van der Waals surface area contributed by atoms with E-state index in [2.05, 4.69) is 27.7 Å². The van der Waals surface area contributed by atoms with Crippen molar-refractivity contribution in [2.24, 2.45) is 5.41 Å². The molecule has 0 heterocycles. The normalized spacial score (nSPS) is 13.2. The van der Waals surface area contributed by atoms with Gasteiger partial charge in [-0.2, -0.15) is 0 Å². The second-order valence-corrected chi connectivity index (χ2v) is 5.98. The van der Waals surface area contributed by atoms with Gasteiger partial charge in [0.15, 0.2) is 0 Å². The maximum absolute atomic E-state index is 11.3. The van der Waals surface area contributed by atoms with Gasteiger partial charge in [-0.25, -0.2) is 4.79 Å². The van der Waals surface area contributed by atoms with Crippen LogP contribution in [-0.4, -0.2) is 24.2 Å². The number of carboxylic acids is 1. The molecule has 0 bridgehead atoms. The van der Waals surface area contributed by atoms with E-state index in [-0.39, 0.29) is 11.5 Å². The predicted octanol–water partition coefficient (Wildman–Crippen LogP) is 3.56. The molecule has 1 unspecified atom stereocenters. The third-order valence-electron chi connectivity index (χ3n) is 3.60. The van der Waals surface area contributed by atoms with Gasteiger partial charge in [-0.3, -0.25) is 0 Å². The number of rotatable bonds is 3. The summed E-state index contributed by atoms with van der Waals surface area (Å²) >= 11 is 0. The van der Waals surface area contributed by atoms with E-state index in [1.54, 1.807) is 6.07 Å². The summed E-state index contributed by atoms with van der Waals surface area (Å²) < 4.78 is 0. The SMILES string of the molecule is Cc1ccc(N(C)C(C)C(C)(C)C)c(C(=O)O)c1. The number of aromatic carboxylic acids is 1. The average Bonchev–Trinajstić information content (AvgIpc) is 2.25. The molecule has 0 saturated heterocycles. The summed E-state index contributed by atoms with van der Waals surface area (Å²) in [4.78, 5) is 13.4. The van der Waals surface area contributed by atoms with Crippen molar-refractivity contribution in [1.82, 2.24) is 0 Å². The lowest BCUT2D eigenvalue weighted by atomic mass is 9.86. The van der Waals surface area contributed by atoms with E-state index < -0.39 is 5.97 Å². The first-order valence-electron chi connectivity index (χ1n) is 6.21. The standard InChI is InChI=1S/C15H23NO2/c1-10-7-8-13(12(9-10)14(17)18)16(6)11(2)15(3,4)5/h7-9,11H,1-6H3,(H,17,18). The molecule has 0 aliphatic carbocycles. The number of hydrogen-bond acceptors (Lipinski definition) is 2. The van der Waals surface area contributed by atoms with E-state index in [0.717, 1.165) is 11.3 Å². The molecule has 3 nitrogen and oxygen atoms in total. The highest BCUT2D eigenvalue weighted by Crippen LogP contribution is 2.30. The predicted molar refractivity (Wildman–Crippen MR) is 75.5 cm³/mol. The molecule has 0 aliphatic rings. The zero-order chi connectivity index (χ0) is 14.1. The van der Waals surface area contributed by atoms with Gasteiger partial charge in [0.05, 0.1) is 11.3 Å². The van der Waals surface area contributed by atoms with E-state index in [4.69, 9.17) is 0 Å². The van der Waals surface area contributed by atoms with E-state index in [0.29, 0.717) is 5.56 Å². The van der Waals surface area contributed by atoms with Gasteiger partial charge in [0.25, 0.3) is 0 Å². The number of carbonyl (C=O) groups is 1. The second-order valence-electron chi connectivity index (χ2n) is 5.98. The van der Waals surface area contributed by atoms with Crippen LogP contribution in [0, 0.1) is 12.3 Å². The van der Waals surface area contributed by atoms with Crippen molar-refractivity contribution in [3.05, 3.63) is 29.3 Å². The minimum absolute atomic E-state index is 0.0927. The summed E-state index contributed by atoms with van der Waals surface area (Å²) in [5, 5.41) is 9.30. The largest absolute Gasteiger partial charge is 0.478 e. The van der Waals surface area contributed by atoms with Crippen molar-refractivity contribution in [3.8, 4) is 0 Å². The fourth-order valence-corrected chi connectivity index (χ4v) is 1.92. The zero-order valence-corrected chi connectivity index (χ0v) is 12.1. The van der Waals surface area contributed by atoms with Gasteiger partial charge < -0.3 is 10.0 Å². The molecule has 1 N–H and O–H groups in total. The van der Waals surface area contributed by atoms with Crippen LogP contribution in [0.4, 0.5) is 5.69 Å². The summed E-state index contributed by atoms with van der Waals surface area (Å²) in [5.41, 5.74) is 2.20. The number of benzene rings is 1. The minimum atomic E-state index is -0.873. The zero-order valence-electron chi connectivity index (χ0n) is 12.1. The highest BCUT2D eigenvalue weighted by Gasteiger charge is 2.26. The number of hydrogen-bond donors (Lipinski definition) is 1. The quantitative estimate of drug-likeness (QED) is 0.890. The Morgan fingerprint density at radius 1 is 1.33 bits per heavy atom. The Kier molecular flexibility index (Phi) is 4.05. The molecule has 0 radical (unpaired) electrons. The summed E-state index contributed by atoms with van der Waals surface area (Å²) in [6, 6.07) is 5.82. The molecule has 3 heteroatoms. The molecule has 0 amide bonds. The topological polar surface area (TPSA) is 40.5 Å². The van der Waals surface area contributed by atoms with Gasteiger partial charge in [0.2, 0.25) is 0 Å². The molecule has 18 heavy (non-hydrogen) atoms.